The fourth-order valence-electron chi connectivity index (χ4n) is 7.74. The number of halogens is 3. The molecule has 288 valence electrons. The fraction of sp³-hybridized carbons (Fsp3) is 0.409. The minimum atomic E-state index is -4.43. The summed E-state index contributed by atoms with van der Waals surface area (Å²) in [5.74, 6) is 0.957. The Labute approximate surface area is 338 Å². The van der Waals surface area contributed by atoms with E-state index in [4.69, 9.17) is 17.5 Å². The van der Waals surface area contributed by atoms with Crippen molar-refractivity contribution in [2.75, 3.05) is 0 Å². The highest BCUT2D eigenvalue weighted by Gasteiger charge is 2.34. The van der Waals surface area contributed by atoms with Gasteiger partial charge < -0.3 is 0 Å². The number of fused-ring (bicyclic) bond motifs is 2. The topological polar surface area (TPSA) is 50.5 Å². The van der Waals surface area contributed by atoms with Gasteiger partial charge in [0.05, 0.1) is 28.6 Å². The molecule has 55 heavy (non-hydrogen) atoms. The summed E-state index contributed by atoms with van der Waals surface area (Å²) in [6.07, 6.45) is 6.02. The van der Waals surface area contributed by atoms with Crippen molar-refractivity contribution in [1.29, 1.82) is 0 Å². The SMILES string of the molecule is CCCCC(CC)Cc1ccc(-c2ccc(-c3c4c(c(-c5ccc(-c6ccc(CC(CC)CCCC)c(C(F)(F)F)c6)s5)c5nsnc35)N=S=N4)s2)cc1C. The van der Waals surface area contributed by atoms with Crippen LogP contribution in [0.4, 0.5) is 24.5 Å². The summed E-state index contributed by atoms with van der Waals surface area (Å²) in [6.45, 7) is 11.0. The van der Waals surface area contributed by atoms with Gasteiger partial charge >= 0.3 is 6.18 Å². The molecular weight excluding hydrogens is 770 g/mol. The fourth-order valence-corrected chi connectivity index (χ4v) is 11.0. The van der Waals surface area contributed by atoms with Crippen LogP contribution in [0.2, 0.25) is 0 Å². The molecule has 1 aliphatic heterocycles. The van der Waals surface area contributed by atoms with E-state index in [-0.39, 0.29) is 5.92 Å². The highest BCUT2D eigenvalue weighted by atomic mass is 32.1. The lowest BCUT2D eigenvalue weighted by molar-refractivity contribution is -0.138. The first kappa shape index (κ1) is 39.7. The Bertz CT molecular complexity index is 2360. The van der Waals surface area contributed by atoms with E-state index >= 15 is 0 Å². The molecule has 4 nitrogen and oxygen atoms in total. The van der Waals surface area contributed by atoms with Gasteiger partial charge in [-0.25, -0.2) is 0 Å². The standard InChI is InChI=1S/C44H47F3N4S4/c1-6-10-12-27(8-3)23-29-14-16-31(22-26(29)5)34-18-20-36(52-34)38-40-42(50-54-48-40)39(43-41(38)49-55-51-43)37-21-19-35(53-37)32-17-15-30(33(25-32)44(45,46)47)24-28(9-4)13-11-7-2/h14-22,25,27-28H,6-13,23-24H2,1-5H3. The monoisotopic (exact) mass is 816 g/mol. The zero-order valence-corrected chi connectivity index (χ0v) is 35.3. The van der Waals surface area contributed by atoms with Gasteiger partial charge in [0.25, 0.3) is 0 Å². The lowest BCUT2D eigenvalue weighted by Crippen LogP contribution is -2.13. The molecule has 1 aliphatic rings. The van der Waals surface area contributed by atoms with Crippen LogP contribution in [0, 0.1) is 18.8 Å². The number of nitrogens with zero attached hydrogens (tertiary/aromatic N) is 4. The van der Waals surface area contributed by atoms with E-state index in [0.29, 0.717) is 17.5 Å². The molecule has 4 heterocycles. The predicted molar refractivity (Wildman–Crippen MR) is 230 cm³/mol. The summed E-state index contributed by atoms with van der Waals surface area (Å²) < 4.78 is 62.5. The molecule has 2 atom stereocenters. The van der Waals surface area contributed by atoms with Crippen LogP contribution in [0.5, 0.6) is 0 Å². The van der Waals surface area contributed by atoms with Crippen molar-refractivity contribution in [1.82, 2.24) is 8.75 Å². The maximum atomic E-state index is 14.5. The third kappa shape index (κ3) is 8.46. The summed E-state index contributed by atoms with van der Waals surface area (Å²) in [5.41, 5.74) is 9.13. The molecular formula is C44H47F3N4S4. The van der Waals surface area contributed by atoms with Crippen molar-refractivity contribution < 1.29 is 13.2 Å². The zero-order chi connectivity index (χ0) is 38.7. The van der Waals surface area contributed by atoms with Crippen LogP contribution >= 0.6 is 34.4 Å². The van der Waals surface area contributed by atoms with E-state index in [1.54, 1.807) is 17.4 Å². The van der Waals surface area contributed by atoms with Crippen LogP contribution in [0.25, 0.3) is 52.8 Å². The second-order valence-corrected chi connectivity index (χ2v) is 18.0. The van der Waals surface area contributed by atoms with Gasteiger partial charge in [-0.1, -0.05) is 109 Å². The number of benzene rings is 3. The average Bonchev–Trinajstić information content (AvgIpc) is 4.02. The summed E-state index contributed by atoms with van der Waals surface area (Å²) in [5, 5.41) is 0. The first-order valence-electron chi connectivity index (χ1n) is 19.5. The summed E-state index contributed by atoms with van der Waals surface area (Å²) in [4.78, 5) is 3.87. The van der Waals surface area contributed by atoms with E-state index in [9.17, 15) is 13.2 Å². The smallest absolute Gasteiger partial charge is 0.172 e. The predicted octanol–water partition coefficient (Wildman–Crippen LogP) is 16.1. The Kier molecular flexibility index (Phi) is 12.5. The molecule has 0 spiro atoms. The zero-order valence-electron chi connectivity index (χ0n) is 32.1. The molecule has 2 unspecified atom stereocenters. The van der Waals surface area contributed by atoms with E-state index in [1.165, 1.54) is 64.7 Å². The highest BCUT2D eigenvalue weighted by molar-refractivity contribution is 7.58. The van der Waals surface area contributed by atoms with Gasteiger partial charge in [0, 0.05) is 30.6 Å². The van der Waals surface area contributed by atoms with Crippen LogP contribution in [0.3, 0.4) is 0 Å². The maximum Gasteiger partial charge on any atom is 0.416 e. The van der Waals surface area contributed by atoms with Gasteiger partial charge in [-0.3, -0.25) is 0 Å². The van der Waals surface area contributed by atoms with Crippen molar-refractivity contribution >= 4 is 68.2 Å². The Hall–Kier alpha value is -3.51. The van der Waals surface area contributed by atoms with E-state index in [1.807, 2.05) is 18.2 Å². The van der Waals surface area contributed by atoms with Crippen molar-refractivity contribution in [2.24, 2.45) is 20.6 Å². The summed E-state index contributed by atoms with van der Waals surface area (Å²) >= 11 is 5.48. The molecule has 0 saturated carbocycles. The van der Waals surface area contributed by atoms with Crippen LogP contribution < -0.4 is 0 Å². The number of aryl methyl sites for hydroxylation is 1. The van der Waals surface area contributed by atoms with E-state index < -0.39 is 11.7 Å². The molecule has 0 fully saturated rings. The molecule has 0 saturated heterocycles. The van der Waals surface area contributed by atoms with Gasteiger partial charge in [0.15, 0.2) is 0 Å². The first-order chi connectivity index (χ1) is 26.6. The molecule has 7 rings (SSSR count). The molecule has 0 N–H and O–H groups in total. The number of alkyl halides is 3. The molecule has 6 aromatic rings. The summed E-state index contributed by atoms with van der Waals surface area (Å²) in [6, 6.07) is 19.9. The Morgan fingerprint density at radius 1 is 0.618 bits per heavy atom. The van der Waals surface area contributed by atoms with Gasteiger partial charge in [0.1, 0.15) is 22.4 Å². The average molecular weight is 817 g/mol. The van der Waals surface area contributed by atoms with Crippen molar-refractivity contribution in [3.63, 3.8) is 0 Å². The third-order valence-corrected chi connectivity index (χ3v) is 14.4. The Balaban J connectivity index is 1.20. The van der Waals surface area contributed by atoms with Gasteiger partial charge in [-0.2, -0.15) is 30.6 Å². The number of hydrogen-bond acceptors (Lipinski definition) is 7. The number of rotatable bonds is 16. The van der Waals surface area contributed by atoms with Crippen molar-refractivity contribution in [2.45, 2.75) is 105 Å². The first-order valence-corrected chi connectivity index (χ1v) is 22.6. The number of thiophene rings is 2. The molecule has 0 amide bonds. The van der Waals surface area contributed by atoms with Crippen LogP contribution in [-0.2, 0) is 30.4 Å². The quantitative estimate of drug-likeness (QED) is 0.0975. The minimum absolute atomic E-state index is 0.238. The van der Waals surface area contributed by atoms with Crippen LogP contribution in [0.1, 0.15) is 101 Å². The molecule has 0 aliphatic carbocycles. The van der Waals surface area contributed by atoms with Crippen molar-refractivity contribution in [3.8, 4) is 41.8 Å². The van der Waals surface area contributed by atoms with E-state index in [0.717, 1.165) is 109 Å². The van der Waals surface area contributed by atoms with Gasteiger partial charge in [-0.15, -0.1) is 22.7 Å². The largest absolute Gasteiger partial charge is 0.416 e. The molecule has 0 bridgehead atoms. The Morgan fingerprint density at radius 3 is 1.60 bits per heavy atom. The van der Waals surface area contributed by atoms with Crippen molar-refractivity contribution in [3.05, 3.63) is 82.9 Å². The lowest BCUT2D eigenvalue weighted by atomic mass is 9.89. The number of aromatic nitrogens is 2. The lowest BCUT2D eigenvalue weighted by Gasteiger charge is -2.19. The number of hydrogen-bond donors (Lipinski definition) is 0. The van der Waals surface area contributed by atoms with Gasteiger partial charge in [0.2, 0.25) is 0 Å². The molecule has 3 aromatic heterocycles. The number of unbranched alkanes of at least 4 members (excludes halogenated alkanes) is 2. The second kappa shape index (κ2) is 17.3. The molecule has 0 radical (unpaired) electrons. The third-order valence-electron chi connectivity index (χ3n) is 11.1. The summed E-state index contributed by atoms with van der Waals surface area (Å²) in [7, 11) is 0. The van der Waals surface area contributed by atoms with Crippen LogP contribution in [0.15, 0.2) is 69.4 Å². The molecule has 11 heteroatoms. The van der Waals surface area contributed by atoms with E-state index in [2.05, 4.69) is 65.0 Å². The Morgan fingerprint density at radius 2 is 1.11 bits per heavy atom. The second-order valence-electron chi connectivity index (χ2n) is 14.8. The van der Waals surface area contributed by atoms with Gasteiger partial charge in [-0.05, 0) is 89.8 Å². The van der Waals surface area contributed by atoms with Crippen LogP contribution in [-0.4, -0.2) is 8.75 Å². The molecule has 3 aromatic carbocycles. The highest BCUT2D eigenvalue weighted by Crippen LogP contribution is 2.55. The normalized spacial score (nSPS) is 13.7. The minimum Gasteiger partial charge on any atom is -0.172 e. The maximum absolute atomic E-state index is 14.5.